The third-order valence-corrected chi connectivity index (χ3v) is 6.51. The Bertz CT molecular complexity index is 1300. The normalized spacial score (nSPS) is 14.6. The van der Waals surface area contributed by atoms with Crippen LogP contribution in [0.4, 0.5) is 17.3 Å². The first kappa shape index (κ1) is 21.6. The summed E-state index contributed by atoms with van der Waals surface area (Å²) in [5, 5.41) is 4.88. The molecule has 8 heteroatoms. The lowest BCUT2D eigenvalue weighted by molar-refractivity contribution is 0.416. The van der Waals surface area contributed by atoms with Gasteiger partial charge in [0, 0.05) is 53.5 Å². The molecule has 0 saturated carbocycles. The summed E-state index contributed by atoms with van der Waals surface area (Å²) < 4.78 is 5.71. The minimum Gasteiger partial charge on any atom is -0.494 e. The van der Waals surface area contributed by atoms with Gasteiger partial charge in [-0.25, -0.2) is 9.97 Å². The Morgan fingerprint density at radius 3 is 2.79 bits per heavy atom. The number of aromatic amines is 1. The van der Waals surface area contributed by atoms with Crippen molar-refractivity contribution >= 4 is 39.8 Å². The van der Waals surface area contributed by atoms with Crippen LogP contribution in [0.1, 0.15) is 18.4 Å². The predicted octanol–water partition coefficient (Wildman–Crippen LogP) is 5.27. The molecule has 0 spiro atoms. The number of methoxy groups -OCH3 is 1. The molecule has 1 saturated heterocycles. The van der Waals surface area contributed by atoms with Crippen molar-refractivity contribution in [2.24, 2.45) is 5.73 Å². The zero-order valence-corrected chi connectivity index (χ0v) is 19.5. The molecule has 0 aliphatic carbocycles. The third kappa shape index (κ3) is 4.21. The van der Waals surface area contributed by atoms with Crippen LogP contribution in [0.2, 0.25) is 5.02 Å². The SMILES string of the molecule is COc1cc(N2CCC(N)CC2)c(C)cc1Nc1ncc(Cl)c(-c2c[nH]c3ccccc23)n1. The Morgan fingerprint density at radius 2 is 2.00 bits per heavy atom. The number of H-pyrrole nitrogens is 1. The van der Waals surface area contributed by atoms with Crippen LogP contribution in [0.5, 0.6) is 5.75 Å². The lowest BCUT2D eigenvalue weighted by atomic mass is 10.0. The summed E-state index contributed by atoms with van der Waals surface area (Å²) in [6, 6.07) is 12.5. The van der Waals surface area contributed by atoms with E-state index in [1.807, 2.05) is 30.5 Å². The molecule has 0 radical (unpaired) electrons. The van der Waals surface area contributed by atoms with Gasteiger partial charge in [0.1, 0.15) is 5.75 Å². The van der Waals surface area contributed by atoms with Crippen molar-refractivity contribution in [3.8, 4) is 17.0 Å². The highest BCUT2D eigenvalue weighted by Gasteiger charge is 2.20. The molecule has 0 unspecified atom stereocenters. The van der Waals surface area contributed by atoms with Crippen molar-refractivity contribution in [3.63, 3.8) is 0 Å². The second-order valence-corrected chi connectivity index (χ2v) is 8.83. The first-order valence-corrected chi connectivity index (χ1v) is 11.5. The molecule has 1 fully saturated rings. The number of benzene rings is 2. The van der Waals surface area contributed by atoms with E-state index in [4.69, 9.17) is 27.1 Å². The topological polar surface area (TPSA) is 92.1 Å². The molecule has 1 aliphatic heterocycles. The van der Waals surface area contributed by atoms with Crippen molar-refractivity contribution < 1.29 is 4.74 Å². The standard InChI is InChI=1S/C25H27ClN6O/c1-15-11-21(23(33-2)12-22(15)32-9-7-16(27)8-10-32)30-25-29-14-19(26)24(31-25)18-13-28-20-6-4-3-5-17(18)20/h3-6,11-14,16,28H,7-10,27H2,1-2H3,(H,29,30,31). The highest BCUT2D eigenvalue weighted by molar-refractivity contribution is 6.33. The molecular formula is C25H27ClN6O. The smallest absolute Gasteiger partial charge is 0.227 e. The Kier molecular flexibility index (Phi) is 5.83. The number of ether oxygens (including phenoxy) is 1. The number of nitrogens with two attached hydrogens (primary N) is 1. The number of nitrogens with zero attached hydrogens (tertiary/aromatic N) is 3. The minimum absolute atomic E-state index is 0.290. The maximum atomic E-state index is 6.49. The van der Waals surface area contributed by atoms with Crippen molar-refractivity contribution in [3.05, 3.63) is 59.4 Å². The second kappa shape index (κ2) is 8.92. The van der Waals surface area contributed by atoms with Crippen molar-refractivity contribution in [1.82, 2.24) is 15.0 Å². The van der Waals surface area contributed by atoms with Crippen molar-refractivity contribution in [2.75, 3.05) is 30.4 Å². The van der Waals surface area contributed by atoms with E-state index in [1.54, 1.807) is 13.3 Å². The van der Waals surface area contributed by atoms with Crippen molar-refractivity contribution in [2.45, 2.75) is 25.8 Å². The van der Waals surface area contributed by atoms with E-state index >= 15 is 0 Å². The molecule has 0 amide bonds. The van der Waals surface area contributed by atoms with Gasteiger partial charge in [-0.2, -0.15) is 0 Å². The number of hydrogen-bond donors (Lipinski definition) is 3. The molecule has 33 heavy (non-hydrogen) atoms. The number of hydrogen-bond acceptors (Lipinski definition) is 6. The van der Waals surface area contributed by atoms with Crippen LogP contribution in [0.25, 0.3) is 22.2 Å². The van der Waals surface area contributed by atoms with Gasteiger partial charge in [0.25, 0.3) is 0 Å². The molecule has 7 nitrogen and oxygen atoms in total. The summed E-state index contributed by atoms with van der Waals surface area (Å²) in [6.07, 6.45) is 5.54. The largest absolute Gasteiger partial charge is 0.494 e. The Labute approximate surface area is 197 Å². The summed E-state index contributed by atoms with van der Waals surface area (Å²) in [5.41, 5.74) is 11.8. The summed E-state index contributed by atoms with van der Waals surface area (Å²) in [7, 11) is 1.67. The van der Waals surface area contributed by atoms with E-state index in [1.165, 1.54) is 5.69 Å². The van der Waals surface area contributed by atoms with E-state index in [0.717, 1.165) is 59.4 Å². The van der Waals surface area contributed by atoms with Gasteiger partial charge in [-0.15, -0.1) is 0 Å². The van der Waals surface area contributed by atoms with Gasteiger partial charge >= 0.3 is 0 Å². The Morgan fingerprint density at radius 1 is 1.21 bits per heavy atom. The van der Waals surface area contributed by atoms with Crippen LogP contribution in [0, 0.1) is 6.92 Å². The lowest BCUT2D eigenvalue weighted by Crippen LogP contribution is -2.40. The summed E-state index contributed by atoms with van der Waals surface area (Å²) in [6.45, 7) is 4.01. The third-order valence-electron chi connectivity index (χ3n) is 6.23. The van der Waals surface area contributed by atoms with Crippen LogP contribution in [-0.2, 0) is 0 Å². The number of rotatable bonds is 5. The number of nitrogens with one attached hydrogen (secondary N) is 2. The summed E-state index contributed by atoms with van der Waals surface area (Å²) >= 11 is 6.49. The molecule has 2 aromatic heterocycles. The Hall–Kier alpha value is -3.29. The maximum absolute atomic E-state index is 6.49. The van der Waals surface area contributed by atoms with Gasteiger partial charge in [0.2, 0.25) is 5.95 Å². The molecule has 3 heterocycles. The molecule has 4 N–H and O–H groups in total. The number of anilines is 3. The first-order valence-electron chi connectivity index (χ1n) is 11.1. The second-order valence-electron chi connectivity index (χ2n) is 8.43. The molecule has 2 aromatic carbocycles. The molecule has 170 valence electrons. The monoisotopic (exact) mass is 462 g/mol. The molecule has 4 aromatic rings. The van der Waals surface area contributed by atoms with Crippen LogP contribution < -0.4 is 20.7 Å². The summed E-state index contributed by atoms with van der Waals surface area (Å²) in [4.78, 5) is 14.8. The number of aromatic nitrogens is 3. The zero-order chi connectivity index (χ0) is 22.9. The zero-order valence-electron chi connectivity index (χ0n) is 18.7. The van der Waals surface area contributed by atoms with Crippen molar-refractivity contribution in [1.29, 1.82) is 0 Å². The molecule has 0 bridgehead atoms. The van der Waals surface area contributed by atoms with Crippen LogP contribution >= 0.6 is 11.6 Å². The van der Waals surface area contributed by atoms with Crippen LogP contribution in [-0.4, -0.2) is 41.2 Å². The highest BCUT2D eigenvalue weighted by Crippen LogP contribution is 2.37. The molecule has 1 aliphatic rings. The summed E-state index contributed by atoms with van der Waals surface area (Å²) in [5.74, 6) is 1.19. The van der Waals surface area contributed by atoms with Gasteiger partial charge in [-0.3, -0.25) is 0 Å². The highest BCUT2D eigenvalue weighted by atomic mass is 35.5. The van der Waals surface area contributed by atoms with Gasteiger partial charge in [0.05, 0.1) is 29.7 Å². The minimum atomic E-state index is 0.290. The molecule has 5 rings (SSSR count). The van der Waals surface area contributed by atoms with E-state index in [2.05, 4.69) is 39.2 Å². The van der Waals surface area contributed by atoms with Gasteiger partial charge in [-0.1, -0.05) is 29.8 Å². The maximum Gasteiger partial charge on any atom is 0.227 e. The first-order chi connectivity index (χ1) is 16.0. The average molecular weight is 463 g/mol. The number of fused-ring (bicyclic) bond motifs is 1. The number of aryl methyl sites for hydroxylation is 1. The molecular weight excluding hydrogens is 436 g/mol. The fourth-order valence-corrected chi connectivity index (χ4v) is 4.62. The van der Waals surface area contributed by atoms with Gasteiger partial charge < -0.3 is 25.7 Å². The van der Waals surface area contributed by atoms with Crippen LogP contribution in [0.15, 0.2) is 48.8 Å². The lowest BCUT2D eigenvalue weighted by Gasteiger charge is -2.33. The Balaban J connectivity index is 1.47. The predicted molar refractivity (Wildman–Crippen MR) is 135 cm³/mol. The fourth-order valence-electron chi connectivity index (χ4n) is 4.43. The number of piperidine rings is 1. The number of halogens is 1. The van der Waals surface area contributed by atoms with Gasteiger partial charge in [-0.05, 0) is 37.5 Å². The number of para-hydroxylation sites is 1. The fraction of sp³-hybridized carbons (Fsp3) is 0.280. The van der Waals surface area contributed by atoms with E-state index < -0.39 is 0 Å². The molecule has 0 atom stereocenters. The van der Waals surface area contributed by atoms with Crippen LogP contribution in [0.3, 0.4) is 0 Å². The van der Waals surface area contributed by atoms with E-state index in [0.29, 0.717) is 16.7 Å². The van der Waals surface area contributed by atoms with Gasteiger partial charge in [0.15, 0.2) is 0 Å². The van der Waals surface area contributed by atoms with E-state index in [-0.39, 0.29) is 6.04 Å². The van der Waals surface area contributed by atoms with E-state index in [9.17, 15) is 0 Å². The average Bonchev–Trinajstić information content (AvgIpc) is 3.25. The quantitative estimate of drug-likeness (QED) is 0.374.